The van der Waals surface area contributed by atoms with Crippen LogP contribution in [0.15, 0.2) is 156 Å². The van der Waals surface area contributed by atoms with E-state index in [2.05, 4.69) is 9.98 Å². The van der Waals surface area contributed by atoms with E-state index in [1.807, 2.05) is 121 Å². The lowest BCUT2D eigenvalue weighted by Gasteiger charge is -2.09. The molecule has 6 aromatic carbocycles. The summed E-state index contributed by atoms with van der Waals surface area (Å²) in [7, 11) is 0. The Morgan fingerprint density at radius 2 is 0.659 bits per heavy atom. The molecule has 6 heteroatoms. The van der Waals surface area contributed by atoms with E-state index in [0.29, 0.717) is 0 Å². The molecular formula is C38H28N2O4. The van der Waals surface area contributed by atoms with Gasteiger partial charge >= 0.3 is 0 Å². The van der Waals surface area contributed by atoms with Crippen molar-refractivity contribution in [2.75, 3.05) is 0 Å². The topological polar surface area (TPSA) is 83.6 Å². The summed E-state index contributed by atoms with van der Waals surface area (Å²) >= 11 is 0. The van der Waals surface area contributed by atoms with E-state index in [1.54, 1.807) is 36.7 Å². The van der Waals surface area contributed by atoms with Crippen molar-refractivity contribution in [1.29, 1.82) is 0 Å². The third kappa shape index (κ3) is 7.57. The molecule has 0 heterocycles. The van der Waals surface area contributed by atoms with Crippen LogP contribution in [0.5, 0.6) is 34.5 Å². The van der Waals surface area contributed by atoms with Gasteiger partial charge < -0.3 is 19.7 Å². The third-order valence-corrected chi connectivity index (χ3v) is 6.70. The summed E-state index contributed by atoms with van der Waals surface area (Å²) in [5, 5.41) is 18.8. The number of hydrogen-bond acceptors (Lipinski definition) is 6. The highest BCUT2D eigenvalue weighted by molar-refractivity contribution is 5.82. The summed E-state index contributed by atoms with van der Waals surface area (Å²) in [6.07, 6.45) is 3.50. The number of aliphatic imine (C=N–C) groups is 2. The maximum Gasteiger partial charge on any atom is 0.127 e. The predicted octanol–water partition coefficient (Wildman–Crippen LogP) is 9.85. The van der Waals surface area contributed by atoms with E-state index < -0.39 is 0 Å². The first-order chi connectivity index (χ1) is 21.6. The Balaban J connectivity index is 1.02. The van der Waals surface area contributed by atoms with Crippen LogP contribution in [0.3, 0.4) is 0 Å². The SMILES string of the molecule is Oc1ccc(C=Nc2ccc(Oc3ccc(-c4ccc(Oc5ccc(N=Cc6ccc(O)cc6)cc5)cc4)cc3)cc2)cc1. The van der Waals surface area contributed by atoms with E-state index in [9.17, 15) is 10.2 Å². The van der Waals surface area contributed by atoms with Crippen molar-refractivity contribution in [3.8, 4) is 45.6 Å². The monoisotopic (exact) mass is 576 g/mol. The smallest absolute Gasteiger partial charge is 0.127 e. The fraction of sp³-hybridized carbons (Fsp3) is 0. The first kappa shape index (κ1) is 28.0. The van der Waals surface area contributed by atoms with Crippen LogP contribution in [0.1, 0.15) is 11.1 Å². The quantitative estimate of drug-likeness (QED) is 0.168. The van der Waals surface area contributed by atoms with Crippen LogP contribution in [0, 0.1) is 0 Å². The largest absolute Gasteiger partial charge is 0.508 e. The number of phenols is 2. The second-order valence-corrected chi connectivity index (χ2v) is 9.94. The first-order valence-corrected chi connectivity index (χ1v) is 14.0. The van der Waals surface area contributed by atoms with Gasteiger partial charge in [-0.05, 0) is 144 Å². The number of rotatable bonds is 9. The van der Waals surface area contributed by atoms with E-state index in [1.165, 1.54) is 0 Å². The molecule has 2 N–H and O–H groups in total. The van der Waals surface area contributed by atoms with Crippen molar-refractivity contribution >= 4 is 23.8 Å². The second-order valence-electron chi connectivity index (χ2n) is 9.94. The molecule has 0 atom stereocenters. The molecule has 6 aromatic rings. The average Bonchev–Trinajstić information content (AvgIpc) is 3.06. The second kappa shape index (κ2) is 13.2. The van der Waals surface area contributed by atoms with Crippen LogP contribution in [-0.4, -0.2) is 22.6 Å². The van der Waals surface area contributed by atoms with Gasteiger partial charge in [0.1, 0.15) is 34.5 Å². The number of aromatic hydroxyl groups is 2. The average molecular weight is 577 g/mol. The van der Waals surface area contributed by atoms with Crippen LogP contribution in [0.25, 0.3) is 11.1 Å². The highest BCUT2D eigenvalue weighted by Crippen LogP contribution is 2.30. The van der Waals surface area contributed by atoms with Gasteiger partial charge in [0.25, 0.3) is 0 Å². The van der Waals surface area contributed by atoms with Gasteiger partial charge in [-0.25, -0.2) is 0 Å². The molecule has 6 rings (SSSR count). The minimum Gasteiger partial charge on any atom is -0.508 e. The molecule has 0 bridgehead atoms. The summed E-state index contributed by atoms with van der Waals surface area (Å²) in [6, 6.07) is 44.8. The zero-order valence-electron chi connectivity index (χ0n) is 23.6. The predicted molar refractivity (Wildman–Crippen MR) is 176 cm³/mol. The number of hydrogen-bond donors (Lipinski definition) is 2. The lowest BCUT2D eigenvalue weighted by Crippen LogP contribution is -1.86. The summed E-state index contributed by atoms with van der Waals surface area (Å²) in [4.78, 5) is 8.94. The molecule has 0 spiro atoms. The fourth-order valence-electron chi connectivity index (χ4n) is 4.32. The van der Waals surface area contributed by atoms with E-state index in [-0.39, 0.29) is 11.5 Å². The zero-order chi connectivity index (χ0) is 30.1. The van der Waals surface area contributed by atoms with Crippen molar-refractivity contribution in [2.45, 2.75) is 0 Å². The van der Waals surface area contributed by atoms with Crippen molar-refractivity contribution in [3.05, 3.63) is 157 Å². The van der Waals surface area contributed by atoms with Crippen LogP contribution in [0.4, 0.5) is 11.4 Å². The zero-order valence-corrected chi connectivity index (χ0v) is 23.6. The van der Waals surface area contributed by atoms with Gasteiger partial charge in [0.2, 0.25) is 0 Å². The molecule has 0 aromatic heterocycles. The molecule has 0 saturated carbocycles. The summed E-state index contributed by atoms with van der Waals surface area (Å²) < 4.78 is 12.0. The van der Waals surface area contributed by atoms with Crippen LogP contribution >= 0.6 is 0 Å². The lowest BCUT2D eigenvalue weighted by atomic mass is 10.1. The van der Waals surface area contributed by atoms with Crippen molar-refractivity contribution in [3.63, 3.8) is 0 Å². The van der Waals surface area contributed by atoms with E-state index >= 15 is 0 Å². The Labute approximate surface area is 255 Å². The molecule has 0 radical (unpaired) electrons. The Kier molecular flexibility index (Phi) is 8.42. The van der Waals surface area contributed by atoms with Gasteiger partial charge in [-0.2, -0.15) is 0 Å². The van der Waals surface area contributed by atoms with E-state index in [0.717, 1.165) is 56.6 Å². The molecule has 0 aliphatic rings. The first-order valence-electron chi connectivity index (χ1n) is 14.0. The van der Waals surface area contributed by atoms with Gasteiger partial charge in [-0.15, -0.1) is 0 Å². The minimum absolute atomic E-state index is 0.231. The number of nitrogens with zero attached hydrogens (tertiary/aromatic N) is 2. The van der Waals surface area contributed by atoms with Crippen LogP contribution < -0.4 is 9.47 Å². The lowest BCUT2D eigenvalue weighted by molar-refractivity contribution is 0.475. The van der Waals surface area contributed by atoms with Crippen molar-refractivity contribution in [2.24, 2.45) is 9.98 Å². The van der Waals surface area contributed by atoms with Gasteiger partial charge in [0.05, 0.1) is 11.4 Å². The highest BCUT2D eigenvalue weighted by Gasteiger charge is 2.03. The molecule has 214 valence electrons. The summed E-state index contributed by atoms with van der Waals surface area (Å²) in [5.74, 6) is 3.39. The molecule has 0 unspecified atom stereocenters. The van der Waals surface area contributed by atoms with Gasteiger partial charge in [0.15, 0.2) is 0 Å². The standard InChI is InChI=1S/C38H28N2O4/c41-33-13-1-27(2-14-33)25-39-31-9-21-37(22-10-31)43-35-17-5-29(6-18-35)30-7-19-36(20-8-30)44-38-23-11-32(12-24-38)40-26-28-3-15-34(42)16-4-28/h1-26,41-42H. The normalized spacial score (nSPS) is 11.2. The Bertz CT molecular complexity index is 1720. The van der Waals surface area contributed by atoms with Gasteiger partial charge in [0, 0.05) is 12.4 Å². The fourth-order valence-corrected chi connectivity index (χ4v) is 4.32. The van der Waals surface area contributed by atoms with E-state index in [4.69, 9.17) is 9.47 Å². The Morgan fingerprint density at radius 1 is 0.364 bits per heavy atom. The molecule has 0 fully saturated rings. The van der Waals surface area contributed by atoms with Gasteiger partial charge in [-0.3, -0.25) is 9.98 Å². The molecule has 0 amide bonds. The maximum atomic E-state index is 9.40. The maximum absolute atomic E-state index is 9.40. The highest BCUT2D eigenvalue weighted by atomic mass is 16.5. The molecule has 0 saturated heterocycles. The Morgan fingerprint density at radius 3 is 0.977 bits per heavy atom. The van der Waals surface area contributed by atoms with Crippen LogP contribution in [-0.2, 0) is 0 Å². The molecule has 44 heavy (non-hydrogen) atoms. The molecule has 6 nitrogen and oxygen atoms in total. The molecular weight excluding hydrogens is 548 g/mol. The number of benzene rings is 6. The minimum atomic E-state index is 0.231. The van der Waals surface area contributed by atoms with Crippen LogP contribution in [0.2, 0.25) is 0 Å². The number of ether oxygens (including phenoxy) is 2. The molecule has 0 aliphatic heterocycles. The van der Waals surface area contributed by atoms with Crippen molar-refractivity contribution < 1.29 is 19.7 Å². The summed E-state index contributed by atoms with van der Waals surface area (Å²) in [5.41, 5.74) is 5.57. The van der Waals surface area contributed by atoms with Gasteiger partial charge in [-0.1, -0.05) is 24.3 Å². The summed E-state index contributed by atoms with van der Waals surface area (Å²) in [6.45, 7) is 0. The number of phenolic OH excluding ortho intramolecular Hbond substituents is 2. The third-order valence-electron chi connectivity index (χ3n) is 6.70. The molecule has 0 aliphatic carbocycles. The van der Waals surface area contributed by atoms with Crippen molar-refractivity contribution in [1.82, 2.24) is 0 Å². The Hall–Kier alpha value is -6.14.